The first-order valence-electron chi connectivity index (χ1n) is 6.19. The Morgan fingerprint density at radius 3 is 2.56 bits per heavy atom. The average molecular weight is 229 g/mol. The molecule has 0 saturated heterocycles. The number of rotatable bonds is 5. The average Bonchev–Trinajstić information content (AvgIpc) is 2.21. The molecule has 4 heteroatoms. The van der Waals surface area contributed by atoms with Crippen LogP contribution in [0.1, 0.15) is 52.4 Å². The molecule has 0 bridgehead atoms. The van der Waals surface area contributed by atoms with E-state index in [0.29, 0.717) is 6.42 Å². The predicted molar refractivity (Wildman–Crippen MR) is 62.3 cm³/mol. The lowest BCUT2D eigenvalue weighted by Crippen LogP contribution is -2.57. The van der Waals surface area contributed by atoms with Crippen LogP contribution in [0.3, 0.4) is 0 Å². The minimum absolute atomic E-state index is 0.0681. The summed E-state index contributed by atoms with van der Waals surface area (Å²) in [6.45, 7) is 3.68. The van der Waals surface area contributed by atoms with Crippen molar-refractivity contribution >= 4 is 5.97 Å². The van der Waals surface area contributed by atoms with E-state index in [2.05, 4.69) is 5.32 Å². The van der Waals surface area contributed by atoms with E-state index >= 15 is 0 Å². The molecule has 0 aliphatic heterocycles. The van der Waals surface area contributed by atoms with Crippen LogP contribution in [0.2, 0.25) is 0 Å². The van der Waals surface area contributed by atoms with Gasteiger partial charge in [0.25, 0.3) is 0 Å². The molecular formula is C12H23NO3. The third-order valence-corrected chi connectivity index (χ3v) is 3.46. The van der Waals surface area contributed by atoms with Crippen LogP contribution in [-0.2, 0) is 4.79 Å². The summed E-state index contributed by atoms with van der Waals surface area (Å²) in [6, 6.07) is -0.0681. The lowest BCUT2D eigenvalue weighted by atomic mass is 9.88. The number of carboxylic acid groups (broad SMARTS) is 1. The highest BCUT2D eigenvalue weighted by molar-refractivity contribution is 5.78. The van der Waals surface area contributed by atoms with Crippen molar-refractivity contribution in [1.82, 2.24) is 5.32 Å². The summed E-state index contributed by atoms with van der Waals surface area (Å²) in [4.78, 5) is 11.2. The first-order valence-corrected chi connectivity index (χ1v) is 6.19. The highest BCUT2D eigenvalue weighted by atomic mass is 16.4. The minimum atomic E-state index is -0.905. The number of aliphatic carboxylic acids is 1. The van der Waals surface area contributed by atoms with Gasteiger partial charge in [0.2, 0.25) is 0 Å². The van der Waals surface area contributed by atoms with Crippen LogP contribution in [0.15, 0.2) is 0 Å². The van der Waals surface area contributed by atoms with E-state index in [-0.39, 0.29) is 6.04 Å². The quantitative estimate of drug-likeness (QED) is 0.668. The molecule has 1 rings (SSSR count). The van der Waals surface area contributed by atoms with Gasteiger partial charge in [-0.15, -0.1) is 0 Å². The molecule has 1 aliphatic rings. The van der Waals surface area contributed by atoms with Crippen LogP contribution in [0.4, 0.5) is 0 Å². The smallest absolute Gasteiger partial charge is 0.323 e. The van der Waals surface area contributed by atoms with Gasteiger partial charge < -0.3 is 10.2 Å². The van der Waals surface area contributed by atoms with Crippen molar-refractivity contribution in [3.63, 3.8) is 0 Å². The fraction of sp³-hybridized carbons (Fsp3) is 0.917. The Bertz CT molecular complexity index is 244. The molecule has 0 amide bonds. The Kier molecular flexibility index (Phi) is 4.74. The fourth-order valence-corrected chi connectivity index (χ4v) is 2.43. The lowest BCUT2D eigenvalue weighted by Gasteiger charge is -2.36. The van der Waals surface area contributed by atoms with Crippen LogP contribution >= 0.6 is 0 Å². The maximum absolute atomic E-state index is 11.2. The third-order valence-electron chi connectivity index (χ3n) is 3.46. The molecule has 3 N–H and O–H groups in total. The standard InChI is InChI=1S/C12H23NO3/c1-3-8-12(2,11(15)16)13-9-6-4-5-7-10(9)14/h9-10,13-14H,3-8H2,1-2H3,(H,15,16). The number of nitrogens with one attached hydrogen (secondary N) is 1. The fourth-order valence-electron chi connectivity index (χ4n) is 2.43. The van der Waals surface area contributed by atoms with Gasteiger partial charge in [-0.3, -0.25) is 10.1 Å². The van der Waals surface area contributed by atoms with E-state index in [0.717, 1.165) is 32.1 Å². The molecular weight excluding hydrogens is 206 g/mol. The van der Waals surface area contributed by atoms with Crippen LogP contribution < -0.4 is 5.32 Å². The molecule has 3 atom stereocenters. The number of aliphatic hydroxyl groups is 1. The maximum atomic E-state index is 11.2. The molecule has 0 aromatic heterocycles. The SMILES string of the molecule is CCCC(C)(NC1CCCCC1O)C(=O)O. The molecule has 1 fully saturated rings. The van der Waals surface area contributed by atoms with Crippen molar-refractivity contribution < 1.29 is 15.0 Å². The van der Waals surface area contributed by atoms with Crippen LogP contribution in [0.5, 0.6) is 0 Å². The van der Waals surface area contributed by atoms with Gasteiger partial charge in [0.05, 0.1) is 6.10 Å². The first-order chi connectivity index (χ1) is 7.49. The Labute approximate surface area is 97.0 Å². The van der Waals surface area contributed by atoms with Crippen molar-refractivity contribution in [3.8, 4) is 0 Å². The zero-order valence-corrected chi connectivity index (χ0v) is 10.2. The van der Waals surface area contributed by atoms with Crippen LogP contribution in [-0.4, -0.2) is 33.9 Å². The van der Waals surface area contributed by atoms with Crippen molar-refractivity contribution in [3.05, 3.63) is 0 Å². The van der Waals surface area contributed by atoms with Gasteiger partial charge in [0.15, 0.2) is 0 Å². The van der Waals surface area contributed by atoms with E-state index in [1.54, 1.807) is 6.92 Å². The van der Waals surface area contributed by atoms with Gasteiger partial charge in [-0.05, 0) is 26.2 Å². The Hall–Kier alpha value is -0.610. The molecule has 0 radical (unpaired) electrons. The third kappa shape index (κ3) is 3.19. The highest BCUT2D eigenvalue weighted by Gasteiger charge is 2.36. The molecule has 0 heterocycles. The molecule has 94 valence electrons. The van der Waals surface area contributed by atoms with Crippen molar-refractivity contribution in [1.29, 1.82) is 0 Å². The maximum Gasteiger partial charge on any atom is 0.323 e. The lowest BCUT2D eigenvalue weighted by molar-refractivity contribution is -0.145. The van der Waals surface area contributed by atoms with Crippen molar-refractivity contribution in [2.75, 3.05) is 0 Å². The van der Waals surface area contributed by atoms with Gasteiger partial charge >= 0.3 is 5.97 Å². The topological polar surface area (TPSA) is 69.6 Å². The van der Waals surface area contributed by atoms with E-state index in [4.69, 9.17) is 0 Å². The second-order valence-electron chi connectivity index (χ2n) is 4.99. The van der Waals surface area contributed by atoms with Gasteiger partial charge in [0, 0.05) is 6.04 Å². The molecule has 4 nitrogen and oxygen atoms in total. The summed E-state index contributed by atoms with van der Waals surface area (Å²) in [6.07, 6.45) is 4.76. The minimum Gasteiger partial charge on any atom is -0.480 e. The van der Waals surface area contributed by atoms with Crippen LogP contribution in [0.25, 0.3) is 0 Å². The van der Waals surface area contributed by atoms with Gasteiger partial charge in [-0.2, -0.15) is 0 Å². The normalized spacial score (nSPS) is 29.7. The van der Waals surface area contributed by atoms with E-state index in [1.807, 2.05) is 6.92 Å². The molecule has 0 aromatic carbocycles. The highest BCUT2D eigenvalue weighted by Crippen LogP contribution is 2.22. The Balaban J connectivity index is 2.63. The van der Waals surface area contributed by atoms with Gasteiger partial charge in [-0.25, -0.2) is 0 Å². The number of aliphatic hydroxyl groups excluding tert-OH is 1. The second-order valence-corrected chi connectivity index (χ2v) is 4.99. The molecule has 0 spiro atoms. The molecule has 16 heavy (non-hydrogen) atoms. The first kappa shape index (κ1) is 13.5. The predicted octanol–water partition coefficient (Wildman–Crippen LogP) is 1.52. The number of hydrogen-bond donors (Lipinski definition) is 3. The molecule has 3 unspecified atom stereocenters. The summed E-state index contributed by atoms with van der Waals surface area (Å²) in [7, 11) is 0. The molecule has 0 aromatic rings. The second kappa shape index (κ2) is 5.64. The molecule has 1 saturated carbocycles. The Morgan fingerprint density at radius 2 is 2.06 bits per heavy atom. The summed E-state index contributed by atoms with van der Waals surface area (Å²) >= 11 is 0. The summed E-state index contributed by atoms with van der Waals surface area (Å²) in [5.74, 6) is -0.827. The van der Waals surface area contributed by atoms with Gasteiger partial charge in [0.1, 0.15) is 5.54 Å². The van der Waals surface area contributed by atoms with E-state index < -0.39 is 17.6 Å². The van der Waals surface area contributed by atoms with Crippen molar-refractivity contribution in [2.45, 2.75) is 70.1 Å². The van der Waals surface area contributed by atoms with Gasteiger partial charge in [-0.1, -0.05) is 26.2 Å². The number of hydrogen-bond acceptors (Lipinski definition) is 3. The monoisotopic (exact) mass is 229 g/mol. The van der Waals surface area contributed by atoms with E-state index in [9.17, 15) is 15.0 Å². The van der Waals surface area contributed by atoms with Crippen LogP contribution in [0, 0.1) is 0 Å². The summed E-state index contributed by atoms with van der Waals surface area (Å²) in [5.41, 5.74) is -0.905. The number of carboxylic acids is 1. The summed E-state index contributed by atoms with van der Waals surface area (Å²) in [5, 5.41) is 22.2. The molecule has 1 aliphatic carbocycles. The number of carbonyl (C=O) groups is 1. The van der Waals surface area contributed by atoms with E-state index in [1.165, 1.54) is 0 Å². The zero-order valence-electron chi connectivity index (χ0n) is 10.2. The Morgan fingerprint density at radius 1 is 1.44 bits per heavy atom. The summed E-state index contributed by atoms with van der Waals surface area (Å²) < 4.78 is 0. The van der Waals surface area contributed by atoms with Crippen molar-refractivity contribution in [2.24, 2.45) is 0 Å². The largest absolute Gasteiger partial charge is 0.480 e. The zero-order chi connectivity index (χ0) is 12.2.